The monoisotopic (exact) mass is 230 g/mol. The molecule has 3 nitrogen and oxygen atoms in total. The molecule has 0 aliphatic heterocycles. The van der Waals surface area contributed by atoms with Gasteiger partial charge in [-0.1, -0.05) is 30.3 Å². The summed E-state index contributed by atoms with van der Waals surface area (Å²) in [6.07, 6.45) is 4.09. The molecule has 1 N–H and O–H groups in total. The molecule has 1 aromatic carbocycles. The predicted octanol–water partition coefficient (Wildman–Crippen LogP) is 1.93. The van der Waals surface area contributed by atoms with Crippen molar-refractivity contribution < 1.29 is 14.6 Å². The SMILES string of the molecule is COC1=CC(O)(C=O)CC(c2ccccc2)=C1. The molecule has 17 heavy (non-hydrogen) atoms. The Hall–Kier alpha value is -1.87. The predicted molar refractivity (Wildman–Crippen MR) is 65.1 cm³/mol. The van der Waals surface area contributed by atoms with Gasteiger partial charge in [0.2, 0.25) is 0 Å². The minimum Gasteiger partial charge on any atom is -0.497 e. The van der Waals surface area contributed by atoms with Crippen LogP contribution in [0.4, 0.5) is 0 Å². The zero-order chi connectivity index (χ0) is 12.3. The number of hydrogen-bond acceptors (Lipinski definition) is 3. The third kappa shape index (κ3) is 2.45. The lowest BCUT2D eigenvalue weighted by Gasteiger charge is -2.25. The molecule has 1 aromatic rings. The molecule has 3 heteroatoms. The van der Waals surface area contributed by atoms with Gasteiger partial charge >= 0.3 is 0 Å². The van der Waals surface area contributed by atoms with Gasteiger partial charge in [-0.15, -0.1) is 0 Å². The second-order valence-electron chi connectivity index (χ2n) is 4.07. The van der Waals surface area contributed by atoms with Crippen LogP contribution in [0, 0.1) is 0 Å². The highest BCUT2D eigenvalue weighted by Crippen LogP contribution is 2.31. The van der Waals surface area contributed by atoms with Crippen LogP contribution in [0.3, 0.4) is 0 Å². The Balaban J connectivity index is 2.40. The van der Waals surface area contributed by atoms with Crippen LogP contribution in [-0.4, -0.2) is 24.1 Å². The number of methoxy groups -OCH3 is 1. The van der Waals surface area contributed by atoms with E-state index < -0.39 is 5.60 Å². The molecule has 1 unspecified atom stereocenters. The summed E-state index contributed by atoms with van der Waals surface area (Å²) in [5, 5.41) is 10.0. The fraction of sp³-hybridized carbons (Fsp3) is 0.214. The van der Waals surface area contributed by atoms with E-state index in [2.05, 4.69) is 0 Å². The van der Waals surface area contributed by atoms with Gasteiger partial charge < -0.3 is 9.84 Å². The minimum absolute atomic E-state index is 0.271. The number of aliphatic hydroxyl groups is 1. The molecule has 0 aromatic heterocycles. The van der Waals surface area contributed by atoms with Gasteiger partial charge in [-0.05, 0) is 23.3 Å². The molecule has 0 bridgehead atoms. The first-order chi connectivity index (χ1) is 8.17. The first-order valence-corrected chi connectivity index (χ1v) is 5.38. The normalized spacial score (nSPS) is 23.6. The van der Waals surface area contributed by atoms with Gasteiger partial charge in [0.1, 0.15) is 11.4 Å². The zero-order valence-electron chi connectivity index (χ0n) is 9.59. The van der Waals surface area contributed by atoms with E-state index in [1.54, 1.807) is 0 Å². The van der Waals surface area contributed by atoms with Crippen molar-refractivity contribution in [2.75, 3.05) is 7.11 Å². The Morgan fingerprint density at radius 3 is 2.65 bits per heavy atom. The lowest BCUT2D eigenvalue weighted by molar-refractivity contribution is -0.119. The second kappa shape index (κ2) is 4.55. The van der Waals surface area contributed by atoms with Crippen LogP contribution in [0.2, 0.25) is 0 Å². The molecule has 0 saturated heterocycles. The lowest BCUT2D eigenvalue weighted by atomic mass is 9.87. The summed E-state index contributed by atoms with van der Waals surface area (Å²) >= 11 is 0. The zero-order valence-corrected chi connectivity index (χ0v) is 9.59. The van der Waals surface area contributed by atoms with Crippen molar-refractivity contribution in [1.29, 1.82) is 0 Å². The largest absolute Gasteiger partial charge is 0.497 e. The van der Waals surface area contributed by atoms with Crippen LogP contribution in [0.25, 0.3) is 5.57 Å². The molecule has 0 fully saturated rings. The molecule has 0 spiro atoms. The van der Waals surface area contributed by atoms with Gasteiger partial charge in [0.25, 0.3) is 0 Å². The summed E-state index contributed by atoms with van der Waals surface area (Å²) in [5.41, 5.74) is 0.403. The van der Waals surface area contributed by atoms with E-state index in [1.807, 2.05) is 36.4 Å². The second-order valence-corrected chi connectivity index (χ2v) is 4.07. The van der Waals surface area contributed by atoms with E-state index in [4.69, 9.17) is 4.74 Å². The maximum atomic E-state index is 10.9. The average Bonchev–Trinajstić information content (AvgIpc) is 2.39. The van der Waals surface area contributed by atoms with Crippen LogP contribution in [0.5, 0.6) is 0 Å². The first-order valence-electron chi connectivity index (χ1n) is 5.38. The number of benzene rings is 1. The molecule has 1 aliphatic rings. The van der Waals surface area contributed by atoms with E-state index in [1.165, 1.54) is 13.2 Å². The van der Waals surface area contributed by atoms with Crippen molar-refractivity contribution in [2.45, 2.75) is 12.0 Å². The van der Waals surface area contributed by atoms with Gasteiger partial charge in [-0.25, -0.2) is 0 Å². The summed E-state index contributed by atoms with van der Waals surface area (Å²) in [6, 6.07) is 9.64. The van der Waals surface area contributed by atoms with Gasteiger partial charge in [0, 0.05) is 6.42 Å². The van der Waals surface area contributed by atoms with Gasteiger partial charge in [-0.3, -0.25) is 4.79 Å². The van der Waals surface area contributed by atoms with Crippen molar-refractivity contribution >= 4 is 11.9 Å². The van der Waals surface area contributed by atoms with E-state index in [0.29, 0.717) is 12.0 Å². The summed E-state index contributed by atoms with van der Waals surface area (Å²) in [7, 11) is 1.52. The molecule has 0 saturated carbocycles. The summed E-state index contributed by atoms with van der Waals surface area (Å²) in [4.78, 5) is 10.9. The Labute approximate surface area is 100 Å². The topological polar surface area (TPSA) is 46.5 Å². The minimum atomic E-state index is -1.47. The van der Waals surface area contributed by atoms with Crippen LogP contribution < -0.4 is 0 Å². The highest BCUT2D eigenvalue weighted by molar-refractivity contribution is 5.78. The highest BCUT2D eigenvalue weighted by Gasteiger charge is 2.29. The molecule has 1 atom stereocenters. The number of aldehydes is 1. The third-order valence-corrected chi connectivity index (χ3v) is 2.77. The molecular weight excluding hydrogens is 216 g/mol. The Morgan fingerprint density at radius 2 is 2.06 bits per heavy atom. The van der Waals surface area contributed by atoms with E-state index in [-0.39, 0.29) is 6.42 Å². The number of carbonyl (C=O) groups excluding carboxylic acids is 1. The lowest BCUT2D eigenvalue weighted by Crippen LogP contribution is -2.30. The highest BCUT2D eigenvalue weighted by atomic mass is 16.5. The Bertz CT molecular complexity index is 474. The molecule has 1 aliphatic carbocycles. The number of hydrogen-bond donors (Lipinski definition) is 1. The van der Waals surface area contributed by atoms with Crippen LogP contribution in [0.1, 0.15) is 12.0 Å². The Morgan fingerprint density at radius 1 is 1.35 bits per heavy atom. The molecule has 88 valence electrons. The smallest absolute Gasteiger partial charge is 0.156 e. The maximum Gasteiger partial charge on any atom is 0.156 e. The molecular formula is C14H14O3. The maximum absolute atomic E-state index is 10.9. The quantitative estimate of drug-likeness (QED) is 0.807. The van der Waals surface area contributed by atoms with Crippen molar-refractivity contribution in [2.24, 2.45) is 0 Å². The van der Waals surface area contributed by atoms with E-state index in [9.17, 15) is 9.90 Å². The molecule has 0 amide bonds. The van der Waals surface area contributed by atoms with Crippen molar-refractivity contribution in [3.63, 3.8) is 0 Å². The first kappa shape index (κ1) is 11.6. The molecule has 0 heterocycles. The molecule has 0 radical (unpaired) electrons. The van der Waals surface area contributed by atoms with Crippen molar-refractivity contribution in [1.82, 2.24) is 0 Å². The van der Waals surface area contributed by atoms with E-state index in [0.717, 1.165) is 11.1 Å². The standard InChI is InChI=1S/C14H14O3/c1-17-13-7-12(8-14(16,9-13)10-15)11-5-3-2-4-6-11/h2-7,9-10,16H,8H2,1H3. The fourth-order valence-electron chi connectivity index (χ4n) is 1.90. The average molecular weight is 230 g/mol. The summed E-state index contributed by atoms with van der Waals surface area (Å²) < 4.78 is 5.11. The van der Waals surface area contributed by atoms with Gasteiger partial charge in [0.15, 0.2) is 6.29 Å². The third-order valence-electron chi connectivity index (χ3n) is 2.77. The number of allylic oxidation sites excluding steroid dienone is 1. The number of ether oxygens (including phenoxy) is 1. The van der Waals surface area contributed by atoms with Crippen molar-refractivity contribution in [3.05, 3.63) is 53.8 Å². The van der Waals surface area contributed by atoms with Gasteiger partial charge in [0.05, 0.1) is 7.11 Å². The van der Waals surface area contributed by atoms with E-state index >= 15 is 0 Å². The number of carbonyl (C=O) groups is 1. The molecule has 2 rings (SSSR count). The summed E-state index contributed by atoms with van der Waals surface area (Å²) in [5.74, 6) is 0.504. The number of rotatable bonds is 3. The van der Waals surface area contributed by atoms with Crippen LogP contribution in [0.15, 0.2) is 48.2 Å². The Kier molecular flexibility index (Phi) is 3.11. The van der Waals surface area contributed by atoms with Gasteiger partial charge in [-0.2, -0.15) is 0 Å². The van der Waals surface area contributed by atoms with Crippen molar-refractivity contribution in [3.8, 4) is 0 Å². The summed E-state index contributed by atoms with van der Waals surface area (Å²) in [6.45, 7) is 0. The van der Waals surface area contributed by atoms with Crippen LogP contribution in [-0.2, 0) is 9.53 Å². The fourth-order valence-corrected chi connectivity index (χ4v) is 1.90. The van der Waals surface area contributed by atoms with Crippen LogP contribution >= 0.6 is 0 Å².